The topological polar surface area (TPSA) is 74.7 Å². The number of hydrogen-bond donors (Lipinski definition) is 1. The molecular formula is C18H25NO4S. The highest BCUT2D eigenvalue weighted by Crippen LogP contribution is 2.23. The van der Waals surface area contributed by atoms with Crippen LogP contribution in [0.1, 0.15) is 26.7 Å². The molecule has 0 atom stereocenters. The molecule has 1 aliphatic heterocycles. The minimum absolute atomic E-state index is 0.134. The van der Waals surface area contributed by atoms with Crippen molar-refractivity contribution in [1.29, 1.82) is 0 Å². The average molecular weight is 351 g/mol. The standard InChI is InChI=1S/C15H15NO3S.C2H6.CH4O/c17-14-7-9-16(10-8-14)20(18,19)15-6-5-12-3-1-2-4-13(12)11-15;2*1-2/h1-6,11H,7-10H2;1-2H3;2H,1H3. The third-order valence-corrected chi connectivity index (χ3v) is 5.53. The number of sulfonamides is 1. The number of rotatable bonds is 2. The van der Waals surface area contributed by atoms with Crippen LogP contribution in [0.25, 0.3) is 10.8 Å². The Hall–Kier alpha value is -1.76. The summed E-state index contributed by atoms with van der Waals surface area (Å²) in [5, 5.41) is 8.92. The van der Waals surface area contributed by atoms with Gasteiger partial charge in [-0.3, -0.25) is 4.79 Å². The van der Waals surface area contributed by atoms with Crippen molar-refractivity contribution in [2.45, 2.75) is 31.6 Å². The summed E-state index contributed by atoms with van der Waals surface area (Å²) in [5.74, 6) is 0.134. The van der Waals surface area contributed by atoms with E-state index in [1.54, 1.807) is 12.1 Å². The van der Waals surface area contributed by atoms with E-state index in [2.05, 4.69) is 0 Å². The van der Waals surface area contributed by atoms with E-state index < -0.39 is 10.0 Å². The summed E-state index contributed by atoms with van der Waals surface area (Å²) in [6.45, 7) is 4.57. The van der Waals surface area contributed by atoms with Gasteiger partial charge in [0.2, 0.25) is 10.0 Å². The Balaban J connectivity index is 0.000000671. The Morgan fingerprint density at radius 3 is 2.04 bits per heavy atom. The number of carbonyl (C=O) groups is 1. The van der Waals surface area contributed by atoms with Crippen LogP contribution in [-0.2, 0) is 14.8 Å². The molecule has 1 aliphatic rings. The van der Waals surface area contributed by atoms with E-state index in [9.17, 15) is 13.2 Å². The van der Waals surface area contributed by atoms with Crippen molar-refractivity contribution in [3.63, 3.8) is 0 Å². The van der Waals surface area contributed by atoms with Crippen molar-refractivity contribution in [2.75, 3.05) is 20.2 Å². The predicted octanol–water partition coefficient (Wildman–Crippen LogP) is 2.83. The van der Waals surface area contributed by atoms with Crippen LogP contribution in [-0.4, -0.2) is 43.8 Å². The number of aliphatic hydroxyl groups is 1. The van der Waals surface area contributed by atoms with Gasteiger partial charge in [0.05, 0.1) is 4.90 Å². The zero-order chi connectivity index (χ0) is 18.2. The quantitative estimate of drug-likeness (QED) is 0.903. The Morgan fingerprint density at radius 1 is 0.917 bits per heavy atom. The van der Waals surface area contributed by atoms with Crippen molar-refractivity contribution in [2.24, 2.45) is 0 Å². The zero-order valence-electron chi connectivity index (χ0n) is 14.4. The van der Waals surface area contributed by atoms with Gasteiger partial charge in [-0.2, -0.15) is 4.31 Å². The molecule has 1 N–H and O–H groups in total. The highest BCUT2D eigenvalue weighted by molar-refractivity contribution is 7.89. The Kier molecular flexibility index (Phi) is 8.04. The van der Waals surface area contributed by atoms with Crippen molar-refractivity contribution in [1.82, 2.24) is 4.31 Å². The largest absolute Gasteiger partial charge is 0.400 e. The zero-order valence-corrected chi connectivity index (χ0v) is 15.2. The summed E-state index contributed by atoms with van der Waals surface area (Å²) >= 11 is 0. The van der Waals surface area contributed by atoms with E-state index in [1.807, 2.05) is 44.2 Å². The van der Waals surface area contributed by atoms with Gasteiger partial charge in [0, 0.05) is 33.0 Å². The lowest BCUT2D eigenvalue weighted by atomic mass is 10.1. The van der Waals surface area contributed by atoms with Crippen LogP contribution in [0.2, 0.25) is 0 Å². The highest BCUT2D eigenvalue weighted by Gasteiger charge is 2.28. The van der Waals surface area contributed by atoms with Crippen LogP contribution in [0.15, 0.2) is 47.4 Å². The van der Waals surface area contributed by atoms with E-state index in [0.717, 1.165) is 17.9 Å². The number of nitrogens with zero attached hydrogens (tertiary/aromatic N) is 1. The molecule has 0 spiro atoms. The van der Waals surface area contributed by atoms with Crippen molar-refractivity contribution in [3.8, 4) is 0 Å². The molecule has 0 aliphatic carbocycles. The van der Waals surface area contributed by atoms with Gasteiger partial charge < -0.3 is 5.11 Å². The lowest BCUT2D eigenvalue weighted by Gasteiger charge is -2.25. The number of aliphatic hydroxyl groups excluding tert-OH is 1. The Bertz CT molecular complexity index is 761. The molecule has 0 amide bonds. The molecule has 0 aromatic heterocycles. The monoisotopic (exact) mass is 351 g/mol. The minimum Gasteiger partial charge on any atom is -0.400 e. The van der Waals surface area contributed by atoms with Gasteiger partial charge in [-0.1, -0.05) is 44.2 Å². The normalized spacial score (nSPS) is 15.1. The SMILES string of the molecule is CC.CO.O=C1CCN(S(=O)(=O)c2ccc3ccccc3c2)CC1. The second-order valence-electron chi connectivity index (χ2n) is 4.95. The molecule has 0 unspecified atom stereocenters. The maximum Gasteiger partial charge on any atom is 0.243 e. The molecule has 5 nitrogen and oxygen atoms in total. The number of benzene rings is 2. The first kappa shape index (κ1) is 20.3. The van der Waals surface area contributed by atoms with Crippen molar-refractivity contribution < 1.29 is 18.3 Å². The van der Waals surface area contributed by atoms with E-state index >= 15 is 0 Å². The molecule has 1 fully saturated rings. The highest BCUT2D eigenvalue weighted by atomic mass is 32.2. The molecule has 1 saturated heterocycles. The summed E-state index contributed by atoms with van der Waals surface area (Å²) in [6, 6.07) is 12.8. The summed E-state index contributed by atoms with van der Waals surface area (Å²) in [5.41, 5.74) is 0. The lowest BCUT2D eigenvalue weighted by molar-refractivity contribution is -0.120. The number of carbonyl (C=O) groups excluding carboxylic acids is 1. The summed E-state index contributed by atoms with van der Waals surface area (Å²) in [7, 11) is -2.50. The molecular weight excluding hydrogens is 326 g/mol. The predicted molar refractivity (Wildman–Crippen MR) is 96.4 cm³/mol. The fourth-order valence-electron chi connectivity index (χ4n) is 2.45. The first-order valence-corrected chi connectivity index (χ1v) is 9.47. The molecule has 1 heterocycles. The van der Waals surface area contributed by atoms with Gasteiger partial charge in [0.25, 0.3) is 0 Å². The first-order chi connectivity index (χ1) is 11.6. The molecule has 24 heavy (non-hydrogen) atoms. The third kappa shape index (κ3) is 4.63. The van der Waals surface area contributed by atoms with E-state index in [1.165, 1.54) is 4.31 Å². The van der Waals surface area contributed by atoms with Crippen molar-refractivity contribution in [3.05, 3.63) is 42.5 Å². The molecule has 0 bridgehead atoms. The molecule has 2 aromatic carbocycles. The second kappa shape index (κ2) is 9.52. The van der Waals surface area contributed by atoms with Crippen LogP contribution in [0.4, 0.5) is 0 Å². The van der Waals surface area contributed by atoms with Gasteiger partial charge in [-0.25, -0.2) is 8.42 Å². The van der Waals surface area contributed by atoms with Gasteiger partial charge >= 0.3 is 0 Å². The van der Waals surface area contributed by atoms with Gasteiger partial charge in [0.1, 0.15) is 5.78 Å². The maximum atomic E-state index is 12.6. The minimum atomic E-state index is -3.50. The second-order valence-corrected chi connectivity index (χ2v) is 6.89. The Labute approximate surface area is 144 Å². The molecule has 0 saturated carbocycles. The Morgan fingerprint density at radius 2 is 1.46 bits per heavy atom. The summed E-state index contributed by atoms with van der Waals surface area (Å²) in [4.78, 5) is 11.5. The molecule has 0 radical (unpaired) electrons. The molecule has 132 valence electrons. The molecule has 2 aromatic rings. The molecule has 3 rings (SSSR count). The fourth-order valence-corrected chi connectivity index (χ4v) is 3.93. The van der Waals surface area contributed by atoms with Gasteiger partial charge in [0.15, 0.2) is 0 Å². The van der Waals surface area contributed by atoms with Gasteiger partial charge in [-0.05, 0) is 22.9 Å². The van der Waals surface area contributed by atoms with Crippen LogP contribution < -0.4 is 0 Å². The van der Waals surface area contributed by atoms with Crippen LogP contribution in [0.5, 0.6) is 0 Å². The number of hydrogen-bond acceptors (Lipinski definition) is 4. The number of Topliss-reactive ketones (excluding diaryl/α,β-unsaturated/α-hetero) is 1. The van der Waals surface area contributed by atoms with Crippen LogP contribution in [0.3, 0.4) is 0 Å². The number of ketones is 1. The maximum absolute atomic E-state index is 12.6. The smallest absolute Gasteiger partial charge is 0.243 e. The summed E-state index contributed by atoms with van der Waals surface area (Å²) in [6.07, 6.45) is 0.625. The van der Waals surface area contributed by atoms with E-state index in [-0.39, 0.29) is 18.9 Å². The fraction of sp³-hybridized carbons (Fsp3) is 0.389. The van der Waals surface area contributed by atoms with E-state index in [4.69, 9.17) is 5.11 Å². The number of fused-ring (bicyclic) bond motifs is 1. The third-order valence-electron chi connectivity index (χ3n) is 3.64. The van der Waals surface area contributed by atoms with Gasteiger partial charge in [-0.15, -0.1) is 0 Å². The van der Waals surface area contributed by atoms with Crippen LogP contribution >= 0.6 is 0 Å². The lowest BCUT2D eigenvalue weighted by Crippen LogP contribution is -2.38. The average Bonchev–Trinajstić information content (AvgIpc) is 2.65. The van der Waals surface area contributed by atoms with Crippen molar-refractivity contribution >= 4 is 26.6 Å². The molecule has 6 heteroatoms. The van der Waals surface area contributed by atoms with E-state index in [0.29, 0.717) is 17.7 Å². The summed E-state index contributed by atoms with van der Waals surface area (Å²) < 4.78 is 26.5. The first-order valence-electron chi connectivity index (χ1n) is 8.03. The van der Waals surface area contributed by atoms with Crippen LogP contribution in [0, 0.1) is 0 Å². The number of piperidine rings is 1.